The van der Waals surface area contributed by atoms with Crippen molar-refractivity contribution in [3.05, 3.63) is 35.1 Å². The van der Waals surface area contributed by atoms with E-state index in [1.54, 1.807) is 6.07 Å². The molecule has 0 bridgehead atoms. The van der Waals surface area contributed by atoms with E-state index in [0.717, 1.165) is 18.5 Å². The minimum atomic E-state index is -0.656. The molecule has 5 heteroatoms. The van der Waals surface area contributed by atoms with Crippen molar-refractivity contribution in [1.29, 1.82) is 5.41 Å². The number of hydrogen-bond acceptors (Lipinski definition) is 3. The predicted molar refractivity (Wildman–Crippen MR) is 67.9 cm³/mol. The molecule has 18 heavy (non-hydrogen) atoms. The van der Waals surface area contributed by atoms with Crippen molar-refractivity contribution in [3.8, 4) is 0 Å². The van der Waals surface area contributed by atoms with E-state index in [2.05, 4.69) is 4.90 Å². The number of nitrogen functional groups attached to an aromatic ring is 1. The van der Waals surface area contributed by atoms with Crippen LogP contribution in [0, 0.1) is 11.2 Å². The van der Waals surface area contributed by atoms with Crippen LogP contribution in [0.15, 0.2) is 18.2 Å². The van der Waals surface area contributed by atoms with Crippen molar-refractivity contribution in [1.82, 2.24) is 4.90 Å². The molecule has 1 fully saturated rings. The molecule has 0 spiro atoms. The zero-order chi connectivity index (χ0) is 13.3. The van der Waals surface area contributed by atoms with Crippen molar-refractivity contribution >= 4 is 5.84 Å². The number of hydrogen-bond donors (Lipinski definition) is 3. The number of rotatable bonds is 3. The average Bonchev–Trinajstić information content (AvgIpc) is 2.60. The van der Waals surface area contributed by atoms with Crippen LogP contribution in [-0.2, 0) is 6.54 Å². The second-order valence-corrected chi connectivity index (χ2v) is 5.17. The molecule has 4 nitrogen and oxygen atoms in total. The fraction of sp³-hybridized carbons (Fsp3) is 0.462. The van der Waals surface area contributed by atoms with E-state index >= 15 is 0 Å². The van der Waals surface area contributed by atoms with Gasteiger partial charge in [0.1, 0.15) is 11.7 Å². The zero-order valence-electron chi connectivity index (χ0n) is 10.4. The fourth-order valence-corrected chi connectivity index (χ4v) is 2.35. The van der Waals surface area contributed by atoms with Crippen LogP contribution < -0.4 is 5.73 Å². The molecule has 0 amide bonds. The fourth-order valence-electron chi connectivity index (χ4n) is 2.35. The van der Waals surface area contributed by atoms with Crippen molar-refractivity contribution in [3.63, 3.8) is 0 Å². The number of nitrogens with two attached hydrogens (primary N) is 1. The Hall–Kier alpha value is -1.46. The normalized spacial score (nSPS) is 24.4. The van der Waals surface area contributed by atoms with Gasteiger partial charge in [-0.2, -0.15) is 0 Å². The van der Waals surface area contributed by atoms with Gasteiger partial charge >= 0.3 is 0 Å². The molecule has 1 saturated heterocycles. The van der Waals surface area contributed by atoms with E-state index in [1.165, 1.54) is 12.1 Å². The lowest BCUT2D eigenvalue weighted by Gasteiger charge is -2.20. The standard InChI is InChI=1S/C13H18FN3O/c1-13(18)4-5-17(8-13)7-9-2-3-10(14)6-11(9)12(15)16/h2-3,6,18H,4-5,7-8H2,1H3,(H3,15,16). The summed E-state index contributed by atoms with van der Waals surface area (Å²) in [5, 5.41) is 17.4. The summed E-state index contributed by atoms with van der Waals surface area (Å²) in [5.74, 6) is -0.521. The third-order valence-electron chi connectivity index (χ3n) is 3.29. The Bertz CT molecular complexity index is 473. The van der Waals surface area contributed by atoms with Crippen LogP contribution in [0.1, 0.15) is 24.5 Å². The second kappa shape index (κ2) is 4.66. The lowest BCUT2D eigenvalue weighted by molar-refractivity contribution is 0.0679. The number of amidine groups is 1. The molecule has 98 valence electrons. The van der Waals surface area contributed by atoms with Crippen LogP contribution in [0.25, 0.3) is 0 Å². The lowest BCUT2D eigenvalue weighted by Crippen LogP contribution is -2.30. The molecule has 1 aromatic carbocycles. The molecule has 1 unspecified atom stereocenters. The van der Waals surface area contributed by atoms with Gasteiger partial charge in [-0.3, -0.25) is 10.3 Å². The van der Waals surface area contributed by atoms with Gasteiger partial charge in [0.25, 0.3) is 0 Å². The first kappa shape index (κ1) is 13.0. The topological polar surface area (TPSA) is 73.3 Å². The van der Waals surface area contributed by atoms with Crippen LogP contribution in [0.2, 0.25) is 0 Å². The van der Waals surface area contributed by atoms with E-state index in [1.807, 2.05) is 6.92 Å². The first-order valence-corrected chi connectivity index (χ1v) is 5.95. The van der Waals surface area contributed by atoms with Gasteiger partial charge in [0, 0.05) is 25.2 Å². The zero-order valence-corrected chi connectivity index (χ0v) is 10.4. The smallest absolute Gasteiger partial charge is 0.123 e. The first-order chi connectivity index (χ1) is 8.37. The van der Waals surface area contributed by atoms with Crippen molar-refractivity contribution in [2.45, 2.75) is 25.5 Å². The van der Waals surface area contributed by atoms with Crippen LogP contribution in [-0.4, -0.2) is 34.5 Å². The molecular formula is C13H18FN3O. The summed E-state index contributed by atoms with van der Waals surface area (Å²) in [5.41, 5.74) is 6.06. The molecule has 0 radical (unpaired) electrons. The summed E-state index contributed by atoms with van der Waals surface area (Å²) in [7, 11) is 0. The molecule has 1 atom stereocenters. The highest BCUT2D eigenvalue weighted by Gasteiger charge is 2.31. The average molecular weight is 251 g/mol. The van der Waals surface area contributed by atoms with E-state index in [0.29, 0.717) is 18.7 Å². The maximum Gasteiger partial charge on any atom is 0.123 e. The lowest BCUT2D eigenvalue weighted by atomic mass is 10.1. The third kappa shape index (κ3) is 2.86. The van der Waals surface area contributed by atoms with Gasteiger partial charge in [-0.25, -0.2) is 4.39 Å². The molecule has 0 saturated carbocycles. The number of nitrogens with one attached hydrogen (secondary N) is 1. The van der Waals surface area contributed by atoms with Crippen molar-refractivity contribution in [2.24, 2.45) is 5.73 Å². The highest BCUT2D eigenvalue weighted by Crippen LogP contribution is 2.23. The highest BCUT2D eigenvalue weighted by atomic mass is 19.1. The van der Waals surface area contributed by atoms with E-state index in [9.17, 15) is 9.50 Å². The largest absolute Gasteiger partial charge is 0.389 e. The van der Waals surface area contributed by atoms with Gasteiger partial charge in [-0.05, 0) is 31.0 Å². The number of likely N-dealkylation sites (tertiary alicyclic amines) is 1. The van der Waals surface area contributed by atoms with Gasteiger partial charge in [-0.1, -0.05) is 6.07 Å². The summed E-state index contributed by atoms with van der Waals surface area (Å²) < 4.78 is 13.1. The van der Waals surface area contributed by atoms with Gasteiger partial charge < -0.3 is 10.8 Å². The maximum atomic E-state index is 13.1. The Morgan fingerprint density at radius 3 is 2.89 bits per heavy atom. The summed E-state index contributed by atoms with van der Waals surface area (Å²) in [6.45, 7) is 3.76. The number of benzene rings is 1. The Morgan fingerprint density at radius 2 is 2.33 bits per heavy atom. The molecule has 0 aromatic heterocycles. The van der Waals surface area contributed by atoms with Crippen LogP contribution >= 0.6 is 0 Å². The van der Waals surface area contributed by atoms with Crippen LogP contribution in [0.5, 0.6) is 0 Å². The van der Waals surface area contributed by atoms with Gasteiger partial charge in [-0.15, -0.1) is 0 Å². The van der Waals surface area contributed by atoms with Gasteiger partial charge in [0.15, 0.2) is 0 Å². The Kier molecular flexibility index (Phi) is 3.36. The SMILES string of the molecule is CC1(O)CCN(Cc2ccc(F)cc2C(=N)N)C1. The van der Waals surface area contributed by atoms with Crippen LogP contribution in [0.4, 0.5) is 4.39 Å². The molecule has 1 aliphatic rings. The molecular weight excluding hydrogens is 233 g/mol. The molecule has 1 aliphatic heterocycles. The number of aliphatic hydroxyl groups is 1. The Labute approximate surface area is 106 Å². The quantitative estimate of drug-likeness (QED) is 0.555. The molecule has 1 aromatic rings. The van der Waals surface area contributed by atoms with Crippen molar-refractivity contribution in [2.75, 3.05) is 13.1 Å². The first-order valence-electron chi connectivity index (χ1n) is 5.95. The summed E-state index contributed by atoms with van der Waals surface area (Å²) in [6, 6.07) is 4.31. The number of β-amino-alcohol motifs (C(OH)–C–C–N with tert-alkyl or cyclic N) is 1. The minimum Gasteiger partial charge on any atom is -0.389 e. The van der Waals surface area contributed by atoms with Gasteiger partial charge in [0.2, 0.25) is 0 Å². The number of nitrogens with zero attached hydrogens (tertiary/aromatic N) is 1. The van der Waals surface area contributed by atoms with E-state index in [-0.39, 0.29) is 5.84 Å². The predicted octanol–water partition coefficient (Wildman–Crippen LogP) is 1.07. The Balaban J connectivity index is 2.17. The molecule has 4 N–H and O–H groups in total. The van der Waals surface area contributed by atoms with E-state index in [4.69, 9.17) is 11.1 Å². The van der Waals surface area contributed by atoms with Gasteiger partial charge in [0.05, 0.1) is 5.60 Å². The summed E-state index contributed by atoms with van der Waals surface area (Å²) in [6.07, 6.45) is 0.726. The summed E-state index contributed by atoms with van der Waals surface area (Å²) in [4.78, 5) is 2.08. The number of halogens is 1. The minimum absolute atomic E-state index is 0.129. The summed E-state index contributed by atoms with van der Waals surface area (Å²) >= 11 is 0. The maximum absolute atomic E-state index is 13.1. The third-order valence-corrected chi connectivity index (χ3v) is 3.29. The molecule has 2 rings (SSSR count). The molecule has 0 aliphatic carbocycles. The highest BCUT2D eigenvalue weighted by molar-refractivity contribution is 5.96. The molecule has 1 heterocycles. The second-order valence-electron chi connectivity index (χ2n) is 5.17. The monoisotopic (exact) mass is 251 g/mol. The van der Waals surface area contributed by atoms with Crippen LogP contribution in [0.3, 0.4) is 0 Å². The Morgan fingerprint density at radius 1 is 1.61 bits per heavy atom. The van der Waals surface area contributed by atoms with Crippen molar-refractivity contribution < 1.29 is 9.50 Å². The van der Waals surface area contributed by atoms with E-state index < -0.39 is 11.4 Å².